The first kappa shape index (κ1) is 17.5. The van der Waals surface area contributed by atoms with Crippen LogP contribution in [0.5, 0.6) is 5.75 Å². The topological polar surface area (TPSA) is 75.0 Å². The predicted molar refractivity (Wildman–Crippen MR) is 91.3 cm³/mol. The zero-order valence-corrected chi connectivity index (χ0v) is 13.9. The molecule has 1 aromatic heterocycles. The maximum Gasteiger partial charge on any atom is 0.252 e. The summed E-state index contributed by atoms with van der Waals surface area (Å²) >= 11 is 0. The number of hydrogen-bond donors (Lipinski definition) is 1. The minimum absolute atomic E-state index is 0.269. The Balaban J connectivity index is 1.98. The van der Waals surface area contributed by atoms with Gasteiger partial charge in [0.05, 0.1) is 6.07 Å². The molecule has 0 spiro atoms. The Hall–Kier alpha value is -2.87. The van der Waals surface area contributed by atoms with Crippen LogP contribution in [-0.4, -0.2) is 16.9 Å². The second-order valence-electron chi connectivity index (χ2n) is 5.96. The summed E-state index contributed by atoms with van der Waals surface area (Å²) in [5.41, 5.74) is 1.43. The number of pyridine rings is 1. The first-order valence-electron chi connectivity index (χ1n) is 7.90. The molecular formula is C19H21N3O2. The Labute approximate surface area is 142 Å². The van der Waals surface area contributed by atoms with Crippen LogP contribution in [0.1, 0.15) is 36.2 Å². The second kappa shape index (κ2) is 8.68. The summed E-state index contributed by atoms with van der Waals surface area (Å²) in [5.74, 6) is 0.669. The Bertz CT molecular complexity index is 708. The number of nitriles is 1. The third-order valence-corrected chi connectivity index (χ3v) is 3.39. The Morgan fingerprint density at radius 3 is 2.83 bits per heavy atom. The van der Waals surface area contributed by atoms with Crippen molar-refractivity contribution in [3.05, 3.63) is 59.9 Å². The Morgan fingerprint density at radius 2 is 2.17 bits per heavy atom. The molecule has 2 rings (SSSR count). The van der Waals surface area contributed by atoms with Crippen molar-refractivity contribution < 1.29 is 9.53 Å². The standard InChI is InChI=1S/C19H21N3O2/c1-14(2)9-17(11-20)22-19(23)16-6-3-7-18(10-16)24-13-15-5-4-8-21-12-15/h3-8,10,12,14,17H,9,13H2,1-2H3,(H,22,23). The van der Waals surface area contributed by atoms with Crippen molar-refractivity contribution >= 4 is 5.91 Å². The highest BCUT2D eigenvalue weighted by atomic mass is 16.5. The second-order valence-corrected chi connectivity index (χ2v) is 5.96. The number of carbonyl (C=O) groups excluding carboxylic acids is 1. The molecule has 124 valence electrons. The summed E-state index contributed by atoms with van der Waals surface area (Å²) in [4.78, 5) is 16.3. The van der Waals surface area contributed by atoms with Crippen LogP contribution in [0.15, 0.2) is 48.8 Å². The first-order chi connectivity index (χ1) is 11.6. The lowest BCUT2D eigenvalue weighted by atomic mass is 10.0. The summed E-state index contributed by atoms with van der Waals surface area (Å²) in [6.45, 7) is 4.42. The third kappa shape index (κ3) is 5.40. The number of nitrogens with one attached hydrogen (secondary N) is 1. The van der Waals surface area contributed by atoms with E-state index in [1.165, 1.54) is 0 Å². The lowest BCUT2D eigenvalue weighted by Crippen LogP contribution is -2.34. The van der Waals surface area contributed by atoms with Crippen LogP contribution in [0.2, 0.25) is 0 Å². The van der Waals surface area contributed by atoms with Crippen molar-refractivity contribution in [2.24, 2.45) is 5.92 Å². The van der Waals surface area contributed by atoms with E-state index in [9.17, 15) is 4.79 Å². The summed E-state index contributed by atoms with van der Waals surface area (Å²) < 4.78 is 5.69. The summed E-state index contributed by atoms with van der Waals surface area (Å²) in [6.07, 6.45) is 4.07. The van der Waals surface area contributed by atoms with Crippen LogP contribution in [0.4, 0.5) is 0 Å². The van der Waals surface area contributed by atoms with Gasteiger partial charge in [0, 0.05) is 23.5 Å². The number of rotatable bonds is 7. The van der Waals surface area contributed by atoms with E-state index in [1.54, 1.807) is 36.7 Å². The van der Waals surface area contributed by atoms with Gasteiger partial charge in [-0.15, -0.1) is 0 Å². The predicted octanol–water partition coefficient (Wildman–Crippen LogP) is 3.33. The van der Waals surface area contributed by atoms with Crippen LogP contribution in [0, 0.1) is 17.2 Å². The highest BCUT2D eigenvalue weighted by Crippen LogP contribution is 2.15. The largest absolute Gasteiger partial charge is 0.489 e. The zero-order chi connectivity index (χ0) is 17.4. The molecule has 1 unspecified atom stereocenters. The molecule has 0 aliphatic heterocycles. The normalized spacial score (nSPS) is 11.6. The first-order valence-corrected chi connectivity index (χ1v) is 7.90. The van der Waals surface area contributed by atoms with Gasteiger partial charge in [0.15, 0.2) is 0 Å². The molecule has 0 fully saturated rings. The highest BCUT2D eigenvalue weighted by Gasteiger charge is 2.15. The molecule has 0 radical (unpaired) electrons. The molecule has 1 heterocycles. The van der Waals surface area contributed by atoms with E-state index < -0.39 is 6.04 Å². The van der Waals surface area contributed by atoms with Gasteiger partial charge in [-0.05, 0) is 36.6 Å². The fourth-order valence-electron chi connectivity index (χ4n) is 2.23. The van der Waals surface area contributed by atoms with Gasteiger partial charge < -0.3 is 10.1 Å². The van der Waals surface area contributed by atoms with Gasteiger partial charge in [-0.25, -0.2) is 0 Å². The quantitative estimate of drug-likeness (QED) is 0.848. The van der Waals surface area contributed by atoms with Gasteiger partial charge in [-0.2, -0.15) is 5.26 Å². The molecule has 0 saturated heterocycles. The average Bonchev–Trinajstić information content (AvgIpc) is 2.60. The highest BCUT2D eigenvalue weighted by molar-refractivity contribution is 5.94. The fourth-order valence-corrected chi connectivity index (χ4v) is 2.23. The van der Waals surface area contributed by atoms with E-state index in [-0.39, 0.29) is 5.91 Å². The van der Waals surface area contributed by atoms with Crippen molar-refractivity contribution in [1.29, 1.82) is 5.26 Å². The van der Waals surface area contributed by atoms with Crippen molar-refractivity contribution in [2.45, 2.75) is 32.9 Å². The van der Waals surface area contributed by atoms with Crippen molar-refractivity contribution in [1.82, 2.24) is 10.3 Å². The van der Waals surface area contributed by atoms with Crippen molar-refractivity contribution in [2.75, 3.05) is 0 Å². The SMILES string of the molecule is CC(C)CC(C#N)NC(=O)c1cccc(OCc2cccnc2)c1. The molecule has 1 aromatic carbocycles. The Kier molecular flexibility index (Phi) is 6.32. The van der Waals surface area contributed by atoms with Crippen molar-refractivity contribution in [3.8, 4) is 11.8 Å². The lowest BCUT2D eigenvalue weighted by molar-refractivity contribution is 0.0941. The van der Waals surface area contributed by atoms with Crippen LogP contribution >= 0.6 is 0 Å². The minimum Gasteiger partial charge on any atom is -0.489 e. The van der Waals surface area contributed by atoms with E-state index in [2.05, 4.69) is 16.4 Å². The summed E-state index contributed by atoms with van der Waals surface area (Å²) in [5, 5.41) is 11.9. The number of ether oxygens (including phenoxy) is 1. The molecule has 0 saturated carbocycles. The van der Waals surface area contributed by atoms with Gasteiger partial charge in [-0.1, -0.05) is 26.0 Å². The minimum atomic E-state index is -0.488. The molecule has 1 atom stereocenters. The number of benzene rings is 1. The third-order valence-electron chi connectivity index (χ3n) is 3.39. The van der Waals surface area contributed by atoms with Crippen molar-refractivity contribution in [3.63, 3.8) is 0 Å². The van der Waals surface area contributed by atoms with E-state index in [0.717, 1.165) is 5.56 Å². The molecule has 0 aliphatic rings. The number of amides is 1. The van der Waals surface area contributed by atoms with Crippen LogP contribution < -0.4 is 10.1 Å². The van der Waals surface area contributed by atoms with E-state index in [0.29, 0.717) is 30.3 Å². The van der Waals surface area contributed by atoms with Gasteiger partial charge in [0.25, 0.3) is 5.91 Å². The summed E-state index contributed by atoms with van der Waals surface area (Å²) in [7, 11) is 0. The lowest BCUT2D eigenvalue weighted by Gasteiger charge is -2.14. The average molecular weight is 323 g/mol. The Morgan fingerprint density at radius 1 is 1.33 bits per heavy atom. The molecular weight excluding hydrogens is 302 g/mol. The molecule has 5 nitrogen and oxygen atoms in total. The molecule has 1 amide bonds. The van der Waals surface area contributed by atoms with Gasteiger partial charge in [-0.3, -0.25) is 9.78 Å². The maximum absolute atomic E-state index is 12.3. The van der Waals surface area contributed by atoms with E-state index >= 15 is 0 Å². The molecule has 0 bridgehead atoms. The number of carbonyl (C=O) groups is 1. The maximum atomic E-state index is 12.3. The van der Waals surface area contributed by atoms with Gasteiger partial charge in [0.2, 0.25) is 0 Å². The molecule has 0 aliphatic carbocycles. The number of nitrogens with zero attached hydrogens (tertiary/aromatic N) is 2. The van der Waals surface area contributed by atoms with E-state index in [4.69, 9.17) is 10.00 Å². The zero-order valence-electron chi connectivity index (χ0n) is 13.9. The molecule has 5 heteroatoms. The molecule has 1 N–H and O–H groups in total. The molecule has 2 aromatic rings. The van der Waals surface area contributed by atoms with Crippen LogP contribution in [-0.2, 0) is 6.61 Å². The van der Waals surface area contributed by atoms with Gasteiger partial charge in [0.1, 0.15) is 18.4 Å². The van der Waals surface area contributed by atoms with Crippen LogP contribution in [0.25, 0.3) is 0 Å². The van der Waals surface area contributed by atoms with Gasteiger partial charge >= 0.3 is 0 Å². The fraction of sp³-hybridized carbons (Fsp3) is 0.316. The van der Waals surface area contributed by atoms with E-state index in [1.807, 2.05) is 26.0 Å². The summed E-state index contributed by atoms with van der Waals surface area (Å²) in [6, 6.07) is 12.3. The monoisotopic (exact) mass is 323 g/mol. The smallest absolute Gasteiger partial charge is 0.252 e. The number of aromatic nitrogens is 1. The van der Waals surface area contributed by atoms with Crippen LogP contribution in [0.3, 0.4) is 0 Å². The molecule has 24 heavy (non-hydrogen) atoms. The number of hydrogen-bond acceptors (Lipinski definition) is 4.